The van der Waals surface area contributed by atoms with E-state index >= 15 is 0 Å². The monoisotopic (exact) mass is 461 g/mol. The molecule has 0 aliphatic carbocycles. The summed E-state index contributed by atoms with van der Waals surface area (Å²) in [5, 5.41) is 6.94. The van der Waals surface area contributed by atoms with Crippen molar-refractivity contribution in [1.29, 1.82) is 0 Å². The van der Waals surface area contributed by atoms with E-state index in [1.165, 1.54) is 18.5 Å². The quantitative estimate of drug-likeness (QED) is 0.399. The standard InChI is InChI=1S/C24H23N5O3S/c30-24(26-14-20-8-4-9-21(12-20)16-29-18-25-17-27-29)22-10-5-11-23(13-22)33(31,32)28-15-19-6-2-1-3-7-19/h1-13,17-18,28H,14-16H2,(H,26,30). The van der Waals surface area contributed by atoms with Crippen molar-refractivity contribution in [2.45, 2.75) is 24.5 Å². The zero-order valence-corrected chi connectivity index (χ0v) is 18.6. The summed E-state index contributed by atoms with van der Waals surface area (Å²) < 4.78 is 29.6. The number of carbonyl (C=O) groups excluding carboxylic acids is 1. The molecule has 1 amide bonds. The fraction of sp³-hybridized carbons (Fsp3) is 0.125. The number of sulfonamides is 1. The van der Waals surface area contributed by atoms with Gasteiger partial charge in [0.05, 0.1) is 11.4 Å². The van der Waals surface area contributed by atoms with Gasteiger partial charge in [0.2, 0.25) is 10.0 Å². The molecule has 0 aliphatic rings. The number of benzene rings is 3. The number of amides is 1. The van der Waals surface area contributed by atoms with Crippen molar-refractivity contribution < 1.29 is 13.2 Å². The van der Waals surface area contributed by atoms with Crippen LogP contribution in [0, 0.1) is 0 Å². The normalized spacial score (nSPS) is 11.3. The van der Waals surface area contributed by atoms with Gasteiger partial charge in [-0.15, -0.1) is 0 Å². The van der Waals surface area contributed by atoms with Crippen molar-refractivity contribution in [3.05, 3.63) is 114 Å². The number of nitrogens with zero attached hydrogens (tertiary/aromatic N) is 3. The highest BCUT2D eigenvalue weighted by atomic mass is 32.2. The van der Waals surface area contributed by atoms with E-state index in [0.717, 1.165) is 16.7 Å². The van der Waals surface area contributed by atoms with Crippen molar-refractivity contribution in [3.63, 3.8) is 0 Å². The summed E-state index contributed by atoms with van der Waals surface area (Å²) in [5.74, 6) is -0.350. The second kappa shape index (κ2) is 10.2. The lowest BCUT2D eigenvalue weighted by atomic mass is 10.1. The first-order valence-corrected chi connectivity index (χ1v) is 11.8. The molecular formula is C24H23N5O3S. The van der Waals surface area contributed by atoms with Crippen molar-refractivity contribution in [2.24, 2.45) is 0 Å². The molecule has 3 aromatic carbocycles. The summed E-state index contributed by atoms with van der Waals surface area (Å²) in [4.78, 5) is 16.6. The SMILES string of the molecule is O=C(NCc1cccc(Cn2cncn2)c1)c1cccc(S(=O)(=O)NCc2ccccc2)c1. The van der Waals surface area contributed by atoms with Gasteiger partial charge in [0.15, 0.2) is 0 Å². The highest BCUT2D eigenvalue weighted by molar-refractivity contribution is 7.89. The van der Waals surface area contributed by atoms with Crippen molar-refractivity contribution in [2.75, 3.05) is 0 Å². The Labute approximate surface area is 192 Å². The highest BCUT2D eigenvalue weighted by Gasteiger charge is 2.16. The lowest BCUT2D eigenvalue weighted by Gasteiger charge is -2.10. The molecule has 1 heterocycles. The van der Waals surface area contributed by atoms with Gasteiger partial charge in [-0.05, 0) is 34.9 Å². The molecule has 0 bridgehead atoms. The van der Waals surface area contributed by atoms with Gasteiger partial charge >= 0.3 is 0 Å². The number of nitrogens with one attached hydrogen (secondary N) is 2. The minimum absolute atomic E-state index is 0.0425. The van der Waals surface area contributed by atoms with Gasteiger partial charge in [-0.3, -0.25) is 4.79 Å². The maximum absolute atomic E-state index is 12.7. The molecule has 33 heavy (non-hydrogen) atoms. The van der Waals surface area contributed by atoms with E-state index in [9.17, 15) is 13.2 Å². The first-order valence-electron chi connectivity index (χ1n) is 10.3. The molecule has 1 aromatic heterocycles. The fourth-order valence-electron chi connectivity index (χ4n) is 3.29. The smallest absolute Gasteiger partial charge is 0.251 e. The molecule has 0 radical (unpaired) electrons. The van der Waals surface area contributed by atoms with E-state index < -0.39 is 10.0 Å². The molecule has 0 unspecified atom stereocenters. The molecule has 4 rings (SSSR count). The summed E-state index contributed by atoms with van der Waals surface area (Å²) in [6.07, 6.45) is 3.12. The van der Waals surface area contributed by atoms with Crippen molar-refractivity contribution in [1.82, 2.24) is 24.8 Å². The average Bonchev–Trinajstić information content (AvgIpc) is 3.35. The van der Waals surface area contributed by atoms with Gasteiger partial charge in [0.1, 0.15) is 12.7 Å². The lowest BCUT2D eigenvalue weighted by Crippen LogP contribution is -2.25. The molecular weight excluding hydrogens is 438 g/mol. The predicted molar refractivity (Wildman–Crippen MR) is 124 cm³/mol. The van der Waals surface area contributed by atoms with Gasteiger partial charge in [-0.1, -0.05) is 60.7 Å². The molecule has 0 saturated carbocycles. The molecule has 9 heteroatoms. The second-order valence-corrected chi connectivity index (χ2v) is 9.20. The minimum atomic E-state index is -3.76. The van der Waals surface area contributed by atoms with Crippen LogP contribution in [0.15, 0.2) is 96.4 Å². The second-order valence-electron chi connectivity index (χ2n) is 7.43. The Hall–Kier alpha value is -3.82. The Morgan fingerprint density at radius 3 is 2.39 bits per heavy atom. The summed E-state index contributed by atoms with van der Waals surface area (Å²) in [6, 6.07) is 23.0. The van der Waals surface area contributed by atoms with Crippen LogP contribution in [-0.4, -0.2) is 29.1 Å². The highest BCUT2D eigenvalue weighted by Crippen LogP contribution is 2.13. The maximum Gasteiger partial charge on any atom is 0.251 e. The van der Waals surface area contributed by atoms with E-state index in [1.807, 2.05) is 54.6 Å². The third kappa shape index (κ3) is 6.12. The Bertz CT molecular complexity index is 1320. The molecule has 168 valence electrons. The first-order chi connectivity index (χ1) is 16.0. The Morgan fingerprint density at radius 2 is 1.61 bits per heavy atom. The largest absolute Gasteiger partial charge is 0.348 e. The van der Waals surface area contributed by atoms with Gasteiger partial charge in [-0.25, -0.2) is 22.8 Å². The van der Waals surface area contributed by atoms with Gasteiger partial charge in [-0.2, -0.15) is 5.10 Å². The first kappa shape index (κ1) is 22.4. The van der Waals surface area contributed by atoms with Crippen LogP contribution in [0.3, 0.4) is 0 Å². The average molecular weight is 462 g/mol. The third-order valence-corrected chi connectivity index (χ3v) is 6.37. The summed E-state index contributed by atoms with van der Waals surface area (Å²) in [5.41, 5.74) is 3.08. The summed E-state index contributed by atoms with van der Waals surface area (Å²) in [6.45, 7) is 1.06. The van der Waals surface area contributed by atoms with Gasteiger partial charge in [0, 0.05) is 18.7 Å². The van der Waals surface area contributed by atoms with Crippen LogP contribution in [0.5, 0.6) is 0 Å². The number of aromatic nitrogens is 3. The van der Waals surface area contributed by atoms with Crippen LogP contribution in [0.2, 0.25) is 0 Å². The minimum Gasteiger partial charge on any atom is -0.348 e. The topological polar surface area (TPSA) is 106 Å². The number of hydrogen-bond acceptors (Lipinski definition) is 5. The van der Waals surface area contributed by atoms with E-state index in [1.54, 1.807) is 23.1 Å². The van der Waals surface area contributed by atoms with E-state index in [0.29, 0.717) is 13.1 Å². The van der Waals surface area contributed by atoms with Crippen molar-refractivity contribution >= 4 is 15.9 Å². The van der Waals surface area contributed by atoms with E-state index in [2.05, 4.69) is 20.1 Å². The van der Waals surface area contributed by atoms with Crippen LogP contribution >= 0.6 is 0 Å². The maximum atomic E-state index is 12.7. The van der Waals surface area contributed by atoms with E-state index in [-0.39, 0.29) is 22.9 Å². The molecule has 4 aromatic rings. The molecule has 0 fully saturated rings. The zero-order valence-electron chi connectivity index (χ0n) is 17.8. The van der Waals surface area contributed by atoms with Crippen molar-refractivity contribution in [3.8, 4) is 0 Å². The molecule has 0 spiro atoms. The molecule has 2 N–H and O–H groups in total. The molecule has 0 aliphatic heterocycles. The molecule has 8 nitrogen and oxygen atoms in total. The number of hydrogen-bond donors (Lipinski definition) is 2. The Kier molecular flexibility index (Phi) is 6.92. The number of rotatable bonds is 9. The predicted octanol–water partition coefficient (Wildman–Crippen LogP) is 2.73. The summed E-state index contributed by atoms with van der Waals surface area (Å²) >= 11 is 0. The van der Waals surface area contributed by atoms with Crippen LogP contribution in [-0.2, 0) is 29.7 Å². The van der Waals surface area contributed by atoms with Crippen LogP contribution < -0.4 is 10.0 Å². The Morgan fingerprint density at radius 1 is 0.848 bits per heavy atom. The van der Waals surface area contributed by atoms with Crippen LogP contribution in [0.25, 0.3) is 0 Å². The van der Waals surface area contributed by atoms with Gasteiger partial charge < -0.3 is 5.32 Å². The molecule has 0 saturated heterocycles. The van der Waals surface area contributed by atoms with Gasteiger partial charge in [0.25, 0.3) is 5.91 Å². The zero-order chi connectivity index (χ0) is 23.1. The Balaban J connectivity index is 1.38. The molecule has 0 atom stereocenters. The third-order valence-electron chi connectivity index (χ3n) is 4.97. The lowest BCUT2D eigenvalue weighted by molar-refractivity contribution is 0.0950. The van der Waals surface area contributed by atoms with E-state index in [4.69, 9.17) is 0 Å². The number of carbonyl (C=O) groups is 1. The van der Waals surface area contributed by atoms with Crippen LogP contribution in [0.1, 0.15) is 27.0 Å². The summed E-state index contributed by atoms with van der Waals surface area (Å²) in [7, 11) is -3.76. The fourth-order valence-corrected chi connectivity index (χ4v) is 4.35. The van der Waals surface area contributed by atoms with Crippen LogP contribution in [0.4, 0.5) is 0 Å².